The molecule has 1 atom stereocenters. The molecule has 2 aliphatic heterocycles. The third-order valence-electron chi connectivity index (χ3n) is 5.21. The summed E-state index contributed by atoms with van der Waals surface area (Å²) in [6.07, 6.45) is 5.44. The second-order valence-corrected chi connectivity index (χ2v) is 7.05. The van der Waals surface area contributed by atoms with E-state index in [0.717, 1.165) is 51.9 Å². The lowest BCUT2D eigenvalue weighted by Crippen LogP contribution is -2.43. The Balaban J connectivity index is 1.55. The number of hydrogen-bond acceptors (Lipinski definition) is 4. The molecular formula is C20H29N3O2. The van der Waals surface area contributed by atoms with Crippen LogP contribution in [0.4, 0.5) is 5.69 Å². The first kappa shape index (κ1) is 18.0. The van der Waals surface area contributed by atoms with Gasteiger partial charge in [-0.2, -0.15) is 0 Å². The Morgan fingerprint density at radius 2 is 1.92 bits per heavy atom. The molecule has 2 aliphatic rings. The summed E-state index contributed by atoms with van der Waals surface area (Å²) in [5.41, 5.74) is 1.89. The SMILES string of the molecule is C=CCNC1CCN(c2ccc(C(=O)N3CCCC(O)C3)cc2)CC1. The third-order valence-corrected chi connectivity index (χ3v) is 5.21. The third kappa shape index (κ3) is 4.61. The predicted molar refractivity (Wildman–Crippen MR) is 101 cm³/mol. The van der Waals surface area contributed by atoms with E-state index in [1.54, 1.807) is 4.90 Å². The normalized spacial score (nSPS) is 22.0. The maximum absolute atomic E-state index is 12.6. The summed E-state index contributed by atoms with van der Waals surface area (Å²) >= 11 is 0. The second-order valence-electron chi connectivity index (χ2n) is 7.05. The Morgan fingerprint density at radius 3 is 2.56 bits per heavy atom. The fourth-order valence-corrected chi connectivity index (χ4v) is 3.73. The van der Waals surface area contributed by atoms with Gasteiger partial charge in [-0.25, -0.2) is 0 Å². The van der Waals surface area contributed by atoms with Crippen molar-refractivity contribution in [1.29, 1.82) is 0 Å². The highest BCUT2D eigenvalue weighted by molar-refractivity contribution is 5.94. The molecule has 0 aliphatic carbocycles. The van der Waals surface area contributed by atoms with Crippen LogP contribution < -0.4 is 10.2 Å². The molecule has 3 rings (SSSR count). The van der Waals surface area contributed by atoms with Gasteiger partial charge in [-0.05, 0) is 49.9 Å². The summed E-state index contributed by atoms with van der Waals surface area (Å²) in [6.45, 7) is 7.86. The zero-order valence-electron chi connectivity index (χ0n) is 14.9. The number of aliphatic hydroxyl groups excluding tert-OH is 1. The molecule has 0 radical (unpaired) electrons. The van der Waals surface area contributed by atoms with Crippen LogP contribution in [0.2, 0.25) is 0 Å². The van der Waals surface area contributed by atoms with Gasteiger partial charge in [0.05, 0.1) is 6.10 Å². The predicted octanol–water partition coefficient (Wildman–Crippen LogP) is 2.03. The molecule has 1 unspecified atom stereocenters. The van der Waals surface area contributed by atoms with Crippen LogP contribution in [0.5, 0.6) is 0 Å². The maximum atomic E-state index is 12.6. The highest BCUT2D eigenvalue weighted by Crippen LogP contribution is 2.22. The molecule has 5 nitrogen and oxygen atoms in total. The van der Waals surface area contributed by atoms with E-state index in [1.807, 2.05) is 30.3 Å². The van der Waals surface area contributed by atoms with Crippen molar-refractivity contribution in [3.63, 3.8) is 0 Å². The van der Waals surface area contributed by atoms with Crippen molar-refractivity contribution >= 4 is 11.6 Å². The lowest BCUT2D eigenvalue weighted by molar-refractivity contribution is 0.0474. The van der Waals surface area contributed by atoms with Gasteiger partial charge in [0, 0.05) is 50.0 Å². The first-order valence-electron chi connectivity index (χ1n) is 9.34. The highest BCUT2D eigenvalue weighted by atomic mass is 16.3. The van der Waals surface area contributed by atoms with E-state index in [-0.39, 0.29) is 12.0 Å². The summed E-state index contributed by atoms with van der Waals surface area (Å²) in [4.78, 5) is 16.7. The quantitative estimate of drug-likeness (QED) is 0.803. The van der Waals surface area contributed by atoms with E-state index in [9.17, 15) is 9.90 Å². The zero-order valence-corrected chi connectivity index (χ0v) is 14.9. The van der Waals surface area contributed by atoms with Crippen molar-refractivity contribution < 1.29 is 9.90 Å². The minimum atomic E-state index is -0.382. The fourth-order valence-electron chi connectivity index (χ4n) is 3.73. The number of carbonyl (C=O) groups is 1. The Bertz CT molecular complexity index is 579. The molecule has 5 heteroatoms. The van der Waals surface area contributed by atoms with E-state index >= 15 is 0 Å². The number of β-amino-alcohol motifs (C(OH)–C–C–N with tert-alkyl or cyclic N) is 1. The first-order valence-corrected chi connectivity index (χ1v) is 9.34. The van der Waals surface area contributed by atoms with E-state index in [4.69, 9.17) is 0 Å². The average Bonchev–Trinajstić information content (AvgIpc) is 2.66. The average molecular weight is 343 g/mol. The van der Waals surface area contributed by atoms with Gasteiger partial charge in [-0.15, -0.1) is 6.58 Å². The number of benzene rings is 1. The number of nitrogens with zero attached hydrogens (tertiary/aromatic N) is 2. The molecule has 1 amide bonds. The molecule has 2 fully saturated rings. The van der Waals surface area contributed by atoms with Crippen LogP contribution >= 0.6 is 0 Å². The van der Waals surface area contributed by atoms with Gasteiger partial charge in [0.25, 0.3) is 5.91 Å². The van der Waals surface area contributed by atoms with E-state index in [1.165, 1.54) is 5.69 Å². The van der Waals surface area contributed by atoms with Gasteiger partial charge in [0.15, 0.2) is 0 Å². The Labute approximate surface area is 150 Å². The van der Waals surface area contributed by atoms with Crippen molar-refractivity contribution in [2.45, 2.75) is 37.8 Å². The van der Waals surface area contributed by atoms with E-state index in [2.05, 4.69) is 16.8 Å². The number of piperidine rings is 2. The van der Waals surface area contributed by atoms with Crippen molar-refractivity contribution in [1.82, 2.24) is 10.2 Å². The second kappa shape index (κ2) is 8.50. The number of anilines is 1. The van der Waals surface area contributed by atoms with Crippen LogP contribution in [0.15, 0.2) is 36.9 Å². The largest absolute Gasteiger partial charge is 0.391 e. The molecule has 1 aromatic carbocycles. The molecule has 0 saturated carbocycles. The molecule has 2 N–H and O–H groups in total. The molecule has 0 aromatic heterocycles. The lowest BCUT2D eigenvalue weighted by atomic mass is 10.0. The van der Waals surface area contributed by atoms with Gasteiger partial charge in [-0.3, -0.25) is 4.79 Å². The van der Waals surface area contributed by atoms with Crippen molar-refractivity contribution in [3.8, 4) is 0 Å². The summed E-state index contributed by atoms with van der Waals surface area (Å²) in [5.74, 6) is 0.0256. The minimum Gasteiger partial charge on any atom is -0.391 e. The van der Waals surface area contributed by atoms with Gasteiger partial charge < -0.3 is 20.2 Å². The molecule has 1 aromatic rings. The molecule has 2 saturated heterocycles. The smallest absolute Gasteiger partial charge is 0.253 e. The molecule has 0 bridgehead atoms. The van der Waals surface area contributed by atoms with Crippen molar-refractivity contribution in [2.24, 2.45) is 0 Å². The number of nitrogens with one attached hydrogen (secondary N) is 1. The lowest BCUT2D eigenvalue weighted by Gasteiger charge is -2.34. The number of amides is 1. The molecule has 2 heterocycles. The van der Waals surface area contributed by atoms with Crippen LogP contribution in [0.3, 0.4) is 0 Å². The van der Waals surface area contributed by atoms with Gasteiger partial charge in [0.2, 0.25) is 0 Å². The standard InChI is InChI=1S/C20H29N3O2/c1-2-11-21-17-9-13-22(14-10-17)18-7-5-16(6-8-18)20(25)23-12-3-4-19(24)15-23/h2,5-8,17,19,21,24H,1,3-4,9-15H2. The summed E-state index contributed by atoms with van der Waals surface area (Å²) < 4.78 is 0. The van der Waals surface area contributed by atoms with Gasteiger partial charge >= 0.3 is 0 Å². The van der Waals surface area contributed by atoms with Crippen LogP contribution in [-0.2, 0) is 0 Å². The number of aliphatic hydroxyl groups is 1. The summed E-state index contributed by atoms with van der Waals surface area (Å²) in [7, 11) is 0. The van der Waals surface area contributed by atoms with E-state index in [0.29, 0.717) is 18.2 Å². The van der Waals surface area contributed by atoms with E-state index < -0.39 is 0 Å². The minimum absolute atomic E-state index is 0.0256. The number of likely N-dealkylation sites (tertiary alicyclic amines) is 1. The number of rotatable bonds is 5. The fraction of sp³-hybridized carbons (Fsp3) is 0.550. The van der Waals surface area contributed by atoms with Crippen LogP contribution in [0.25, 0.3) is 0 Å². The van der Waals surface area contributed by atoms with Crippen LogP contribution in [-0.4, -0.2) is 60.8 Å². The summed E-state index contributed by atoms with van der Waals surface area (Å²) in [5, 5.41) is 13.2. The number of hydrogen-bond donors (Lipinski definition) is 2. The van der Waals surface area contributed by atoms with Gasteiger partial charge in [-0.1, -0.05) is 6.08 Å². The van der Waals surface area contributed by atoms with Crippen LogP contribution in [0.1, 0.15) is 36.0 Å². The van der Waals surface area contributed by atoms with Gasteiger partial charge in [0.1, 0.15) is 0 Å². The molecule has 25 heavy (non-hydrogen) atoms. The first-order chi connectivity index (χ1) is 12.2. The Kier molecular flexibility index (Phi) is 6.10. The summed E-state index contributed by atoms with van der Waals surface area (Å²) in [6, 6.07) is 8.50. The topological polar surface area (TPSA) is 55.8 Å². The zero-order chi connectivity index (χ0) is 17.6. The molecule has 0 spiro atoms. The van der Waals surface area contributed by atoms with Crippen molar-refractivity contribution in [3.05, 3.63) is 42.5 Å². The number of carbonyl (C=O) groups excluding carboxylic acids is 1. The Hall–Kier alpha value is -1.85. The molecule has 136 valence electrons. The highest BCUT2D eigenvalue weighted by Gasteiger charge is 2.23. The van der Waals surface area contributed by atoms with Crippen LogP contribution in [0, 0.1) is 0 Å². The maximum Gasteiger partial charge on any atom is 0.253 e. The molecular weight excluding hydrogens is 314 g/mol. The Morgan fingerprint density at radius 1 is 1.20 bits per heavy atom. The van der Waals surface area contributed by atoms with Crippen molar-refractivity contribution in [2.75, 3.05) is 37.6 Å². The monoisotopic (exact) mass is 343 g/mol.